The highest BCUT2D eigenvalue weighted by molar-refractivity contribution is 5.52. The monoisotopic (exact) mass is 258 g/mol. The smallest absolute Gasteiger partial charge is 0.122 e. The van der Waals surface area contributed by atoms with Crippen molar-refractivity contribution in [3.63, 3.8) is 0 Å². The molecular weight excluding hydrogens is 228 g/mol. The van der Waals surface area contributed by atoms with Crippen molar-refractivity contribution in [3.8, 4) is 0 Å². The largest absolute Gasteiger partial charge is 0.390 e. The Morgan fingerprint density at radius 2 is 1.78 bits per heavy atom. The van der Waals surface area contributed by atoms with Gasteiger partial charge in [0.15, 0.2) is 0 Å². The van der Waals surface area contributed by atoms with Gasteiger partial charge in [0.05, 0.1) is 17.8 Å². The minimum Gasteiger partial charge on any atom is -0.390 e. The SMILES string of the molecule is CC(C=O)CC(C)CC(C)(C)OCCC(C)(C)O. The maximum atomic E-state index is 10.6. The van der Waals surface area contributed by atoms with E-state index < -0.39 is 5.60 Å². The van der Waals surface area contributed by atoms with E-state index in [1.54, 1.807) is 13.8 Å². The van der Waals surface area contributed by atoms with Crippen LogP contribution < -0.4 is 0 Å². The normalized spacial score (nSPS) is 16.4. The quantitative estimate of drug-likeness (QED) is 0.646. The first-order chi connectivity index (χ1) is 8.06. The lowest BCUT2D eigenvalue weighted by Crippen LogP contribution is -2.30. The third-order valence-electron chi connectivity index (χ3n) is 3.05. The zero-order valence-electron chi connectivity index (χ0n) is 12.8. The van der Waals surface area contributed by atoms with E-state index in [0.29, 0.717) is 18.9 Å². The molecule has 0 bridgehead atoms. The summed E-state index contributed by atoms with van der Waals surface area (Å²) in [7, 11) is 0. The van der Waals surface area contributed by atoms with E-state index in [9.17, 15) is 9.90 Å². The van der Waals surface area contributed by atoms with Crippen LogP contribution in [0.3, 0.4) is 0 Å². The zero-order valence-corrected chi connectivity index (χ0v) is 12.8. The van der Waals surface area contributed by atoms with E-state index in [0.717, 1.165) is 19.1 Å². The Morgan fingerprint density at radius 3 is 2.22 bits per heavy atom. The molecule has 18 heavy (non-hydrogen) atoms. The molecule has 0 aromatic rings. The molecule has 0 saturated heterocycles. The molecule has 1 N–H and O–H groups in total. The predicted octanol–water partition coefficient (Wildman–Crippen LogP) is 3.19. The molecule has 108 valence electrons. The van der Waals surface area contributed by atoms with Gasteiger partial charge in [0.25, 0.3) is 0 Å². The highest BCUT2D eigenvalue weighted by Crippen LogP contribution is 2.25. The second-order valence-electron chi connectivity index (χ2n) is 6.83. The summed E-state index contributed by atoms with van der Waals surface area (Å²) in [4.78, 5) is 10.6. The topological polar surface area (TPSA) is 46.5 Å². The van der Waals surface area contributed by atoms with E-state index in [1.165, 1.54) is 0 Å². The highest BCUT2D eigenvalue weighted by atomic mass is 16.5. The standard InChI is InChI=1S/C15H30O3/c1-12(9-13(2)11-16)10-15(5,6)18-8-7-14(3,4)17/h11-13,17H,7-10H2,1-6H3. The Balaban J connectivity index is 4.02. The summed E-state index contributed by atoms with van der Waals surface area (Å²) in [5.41, 5.74) is -0.874. The maximum absolute atomic E-state index is 10.6. The third kappa shape index (κ3) is 9.60. The van der Waals surface area contributed by atoms with Gasteiger partial charge in [-0.1, -0.05) is 13.8 Å². The maximum Gasteiger partial charge on any atom is 0.122 e. The van der Waals surface area contributed by atoms with Gasteiger partial charge in [-0.15, -0.1) is 0 Å². The number of rotatable bonds is 9. The number of hydrogen-bond acceptors (Lipinski definition) is 3. The summed E-state index contributed by atoms with van der Waals surface area (Å²) in [6.07, 6.45) is 3.48. The van der Waals surface area contributed by atoms with Crippen LogP contribution in [0.1, 0.15) is 60.8 Å². The van der Waals surface area contributed by atoms with Crippen LogP contribution in [0.25, 0.3) is 0 Å². The number of carbonyl (C=O) groups excluding carboxylic acids is 1. The van der Waals surface area contributed by atoms with Gasteiger partial charge in [0.2, 0.25) is 0 Å². The lowest BCUT2D eigenvalue weighted by Gasteiger charge is -2.30. The van der Waals surface area contributed by atoms with Gasteiger partial charge in [-0.25, -0.2) is 0 Å². The molecule has 0 rings (SSSR count). The minimum atomic E-state index is -0.673. The molecule has 0 fully saturated rings. The van der Waals surface area contributed by atoms with Crippen LogP contribution in [0.5, 0.6) is 0 Å². The van der Waals surface area contributed by atoms with Crippen LogP contribution in [0.15, 0.2) is 0 Å². The fourth-order valence-corrected chi connectivity index (χ4v) is 2.25. The van der Waals surface area contributed by atoms with Crippen molar-refractivity contribution in [2.45, 2.75) is 72.0 Å². The number of hydrogen-bond donors (Lipinski definition) is 1. The summed E-state index contributed by atoms with van der Waals surface area (Å²) in [5, 5.41) is 9.63. The average molecular weight is 258 g/mol. The summed E-state index contributed by atoms with van der Waals surface area (Å²) in [6.45, 7) is 12.4. The van der Waals surface area contributed by atoms with Crippen LogP contribution in [0.2, 0.25) is 0 Å². The molecule has 0 aliphatic rings. The van der Waals surface area contributed by atoms with Crippen LogP contribution in [-0.4, -0.2) is 29.2 Å². The van der Waals surface area contributed by atoms with Gasteiger partial charge < -0.3 is 14.6 Å². The first-order valence-corrected chi connectivity index (χ1v) is 6.87. The van der Waals surface area contributed by atoms with Gasteiger partial charge in [-0.3, -0.25) is 0 Å². The molecule has 3 heteroatoms. The Morgan fingerprint density at radius 1 is 1.22 bits per heavy atom. The molecule has 0 aromatic heterocycles. The van der Waals surface area contributed by atoms with Gasteiger partial charge >= 0.3 is 0 Å². The number of ether oxygens (including phenoxy) is 1. The Bertz CT molecular complexity index is 241. The molecule has 0 aliphatic heterocycles. The van der Waals surface area contributed by atoms with Gasteiger partial charge in [-0.05, 0) is 52.9 Å². The van der Waals surface area contributed by atoms with E-state index in [-0.39, 0.29) is 11.5 Å². The molecular formula is C15H30O3. The van der Waals surface area contributed by atoms with E-state index >= 15 is 0 Å². The van der Waals surface area contributed by atoms with Crippen LogP contribution in [-0.2, 0) is 9.53 Å². The number of aldehydes is 1. The molecule has 0 radical (unpaired) electrons. The fourth-order valence-electron chi connectivity index (χ4n) is 2.25. The van der Waals surface area contributed by atoms with Crippen LogP contribution in [0, 0.1) is 11.8 Å². The van der Waals surface area contributed by atoms with E-state index in [1.807, 2.05) is 6.92 Å². The second-order valence-corrected chi connectivity index (χ2v) is 6.83. The minimum absolute atomic E-state index is 0.118. The third-order valence-corrected chi connectivity index (χ3v) is 3.05. The first kappa shape index (κ1) is 17.6. The fraction of sp³-hybridized carbons (Fsp3) is 0.933. The molecule has 0 saturated carbocycles. The Kier molecular flexibility index (Phi) is 7.08. The van der Waals surface area contributed by atoms with Gasteiger partial charge in [0.1, 0.15) is 6.29 Å². The molecule has 0 aromatic carbocycles. The molecule has 0 spiro atoms. The molecule has 0 aliphatic carbocycles. The summed E-state index contributed by atoms with van der Waals surface area (Å²) < 4.78 is 5.84. The van der Waals surface area contributed by atoms with Crippen LogP contribution in [0.4, 0.5) is 0 Å². The average Bonchev–Trinajstić information content (AvgIpc) is 2.13. The summed E-state index contributed by atoms with van der Waals surface area (Å²) in [5.74, 6) is 0.578. The predicted molar refractivity (Wildman–Crippen MR) is 74.6 cm³/mol. The zero-order chi connectivity index (χ0) is 14.4. The summed E-state index contributed by atoms with van der Waals surface area (Å²) in [6, 6.07) is 0. The second kappa shape index (κ2) is 7.25. The highest BCUT2D eigenvalue weighted by Gasteiger charge is 2.24. The van der Waals surface area contributed by atoms with E-state index in [4.69, 9.17) is 4.74 Å². The van der Waals surface area contributed by atoms with E-state index in [2.05, 4.69) is 20.8 Å². The van der Waals surface area contributed by atoms with Crippen LogP contribution >= 0.6 is 0 Å². The van der Waals surface area contributed by atoms with Gasteiger partial charge in [-0.2, -0.15) is 0 Å². The van der Waals surface area contributed by atoms with Crippen molar-refractivity contribution in [1.29, 1.82) is 0 Å². The lowest BCUT2D eigenvalue weighted by atomic mass is 9.88. The Hall–Kier alpha value is -0.410. The molecule has 2 atom stereocenters. The van der Waals surface area contributed by atoms with Crippen molar-refractivity contribution >= 4 is 6.29 Å². The Labute approximate surface area is 112 Å². The lowest BCUT2D eigenvalue weighted by molar-refractivity contribution is -0.111. The van der Waals surface area contributed by atoms with Crippen molar-refractivity contribution < 1.29 is 14.6 Å². The summed E-state index contributed by atoms with van der Waals surface area (Å²) >= 11 is 0. The van der Waals surface area contributed by atoms with Gasteiger partial charge in [0, 0.05) is 5.92 Å². The molecule has 0 amide bonds. The van der Waals surface area contributed by atoms with Crippen molar-refractivity contribution in [3.05, 3.63) is 0 Å². The van der Waals surface area contributed by atoms with Crippen molar-refractivity contribution in [2.75, 3.05) is 6.61 Å². The molecule has 3 nitrogen and oxygen atoms in total. The molecule has 0 heterocycles. The van der Waals surface area contributed by atoms with Crippen molar-refractivity contribution in [1.82, 2.24) is 0 Å². The molecule has 2 unspecified atom stereocenters. The number of carbonyl (C=O) groups is 1. The first-order valence-electron chi connectivity index (χ1n) is 6.87. The number of aliphatic hydroxyl groups is 1. The van der Waals surface area contributed by atoms with Crippen molar-refractivity contribution in [2.24, 2.45) is 11.8 Å².